The summed E-state index contributed by atoms with van der Waals surface area (Å²) in [7, 11) is 1.82. The van der Waals surface area contributed by atoms with Gasteiger partial charge in [0.1, 0.15) is 5.75 Å². The van der Waals surface area contributed by atoms with Gasteiger partial charge in [0.05, 0.1) is 6.61 Å². The molecule has 2 aliphatic rings. The average Bonchev–Trinajstić information content (AvgIpc) is 3.12. The summed E-state index contributed by atoms with van der Waals surface area (Å²) in [6.07, 6.45) is 4.59. The molecular weight excluding hydrogens is 365 g/mol. The maximum absolute atomic E-state index is 5.52. The molecule has 1 aromatic carbocycles. The summed E-state index contributed by atoms with van der Waals surface area (Å²) in [5, 5.41) is 6.75. The Bertz CT molecular complexity index is 486. The minimum atomic E-state index is 0. The molecule has 0 atom stereocenters. The third kappa shape index (κ3) is 4.01. The first-order chi connectivity index (χ1) is 9.35. The lowest BCUT2D eigenvalue weighted by atomic mass is 10.1. The molecular formula is C15H22IN3O. The van der Waals surface area contributed by atoms with E-state index in [4.69, 9.17) is 4.74 Å². The Morgan fingerprint density at radius 3 is 3.00 bits per heavy atom. The summed E-state index contributed by atoms with van der Waals surface area (Å²) in [6, 6.07) is 7.15. The molecule has 0 spiro atoms. The monoisotopic (exact) mass is 387 g/mol. The number of hydrogen-bond acceptors (Lipinski definition) is 2. The van der Waals surface area contributed by atoms with Crippen LogP contribution in [0.2, 0.25) is 0 Å². The summed E-state index contributed by atoms with van der Waals surface area (Å²) in [6.45, 7) is 1.74. The molecule has 0 amide bonds. The molecule has 4 nitrogen and oxygen atoms in total. The van der Waals surface area contributed by atoms with Crippen LogP contribution in [0.5, 0.6) is 5.75 Å². The van der Waals surface area contributed by atoms with Crippen LogP contribution in [0.3, 0.4) is 0 Å². The molecule has 2 N–H and O–H groups in total. The fourth-order valence-corrected chi connectivity index (χ4v) is 2.34. The number of guanidine groups is 1. The maximum atomic E-state index is 5.52. The van der Waals surface area contributed by atoms with Gasteiger partial charge in [0, 0.05) is 26.1 Å². The molecule has 3 rings (SSSR count). The van der Waals surface area contributed by atoms with Crippen molar-refractivity contribution in [3.63, 3.8) is 0 Å². The number of nitrogens with zero attached hydrogens (tertiary/aromatic N) is 1. The normalized spacial score (nSPS) is 16.9. The van der Waals surface area contributed by atoms with E-state index in [1.165, 1.54) is 24.0 Å². The number of benzene rings is 1. The molecule has 1 heterocycles. The van der Waals surface area contributed by atoms with Gasteiger partial charge >= 0.3 is 0 Å². The first kappa shape index (κ1) is 15.4. The van der Waals surface area contributed by atoms with Crippen molar-refractivity contribution in [2.24, 2.45) is 4.99 Å². The first-order valence-electron chi connectivity index (χ1n) is 7.07. The van der Waals surface area contributed by atoms with Gasteiger partial charge in [-0.3, -0.25) is 4.99 Å². The molecule has 0 unspecified atom stereocenters. The Balaban J connectivity index is 0.00000147. The Kier molecular flexibility index (Phi) is 5.51. The van der Waals surface area contributed by atoms with Gasteiger partial charge in [0.2, 0.25) is 0 Å². The third-order valence-electron chi connectivity index (χ3n) is 3.60. The number of aliphatic imine (C=N–C) groups is 1. The highest BCUT2D eigenvalue weighted by Gasteiger charge is 2.21. The van der Waals surface area contributed by atoms with Gasteiger partial charge in [0.15, 0.2) is 5.96 Å². The van der Waals surface area contributed by atoms with Crippen LogP contribution in [0, 0.1) is 0 Å². The molecule has 20 heavy (non-hydrogen) atoms. The van der Waals surface area contributed by atoms with Crippen LogP contribution in [-0.4, -0.2) is 32.2 Å². The van der Waals surface area contributed by atoms with E-state index >= 15 is 0 Å². The second-order valence-corrected chi connectivity index (χ2v) is 5.21. The van der Waals surface area contributed by atoms with Gasteiger partial charge in [-0.25, -0.2) is 0 Å². The third-order valence-corrected chi connectivity index (χ3v) is 3.60. The van der Waals surface area contributed by atoms with E-state index in [1.54, 1.807) is 0 Å². The molecule has 1 aliphatic heterocycles. The lowest BCUT2D eigenvalue weighted by Crippen LogP contribution is -2.39. The fourth-order valence-electron chi connectivity index (χ4n) is 2.34. The van der Waals surface area contributed by atoms with Crippen molar-refractivity contribution >= 4 is 29.9 Å². The average molecular weight is 387 g/mol. The van der Waals surface area contributed by atoms with Crippen molar-refractivity contribution in [3.05, 3.63) is 29.3 Å². The smallest absolute Gasteiger partial charge is 0.191 e. The molecule has 0 saturated heterocycles. The van der Waals surface area contributed by atoms with Crippen LogP contribution in [0.25, 0.3) is 0 Å². The Morgan fingerprint density at radius 1 is 1.40 bits per heavy atom. The number of halogens is 1. The van der Waals surface area contributed by atoms with Gasteiger partial charge in [-0.15, -0.1) is 24.0 Å². The predicted molar refractivity (Wildman–Crippen MR) is 92.3 cm³/mol. The maximum Gasteiger partial charge on any atom is 0.191 e. The Labute approximate surface area is 137 Å². The van der Waals surface area contributed by atoms with Crippen molar-refractivity contribution in [2.75, 3.05) is 20.2 Å². The first-order valence-corrected chi connectivity index (χ1v) is 7.07. The van der Waals surface area contributed by atoms with Gasteiger partial charge in [-0.05, 0) is 36.5 Å². The zero-order chi connectivity index (χ0) is 13.1. The number of ether oxygens (including phenoxy) is 1. The van der Waals surface area contributed by atoms with Crippen LogP contribution in [0.1, 0.15) is 24.0 Å². The van der Waals surface area contributed by atoms with Gasteiger partial charge in [-0.1, -0.05) is 12.1 Å². The summed E-state index contributed by atoms with van der Waals surface area (Å²) >= 11 is 0. The number of rotatable bonds is 4. The van der Waals surface area contributed by atoms with Crippen molar-refractivity contribution in [3.8, 4) is 5.75 Å². The highest BCUT2D eigenvalue weighted by Crippen LogP contribution is 2.25. The Morgan fingerprint density at radius 2 is 2.25 bits per heavy atom. The molecule has 110 valence electrons. The minimum absolute atomic E-state index is 0. The number of hydrogen-bond donors (Lipinski definition) is 2. The lowest BCUT2D eigenvalue weighted by Gasteiger charge is -2.11. The van der Waals surface area contributed by atoms with Crippen molar-refractivity contribution in [1.82, 2.24) is 10.6 Å². The van der Waals surface area contributed by atoms with Crippen LogP contribution < -0.4 is 15.4 Å². The van der Waals surface area contributed by atoms with Crippen LogP contribution >= 0.6 is 24.0 Å². The van der Waals surface area contributed by atoms with Crippen LogP contribution in [0.15, 0.2) is 23.2 Å². The molecule has 0 bridgehead atoms. The summed E-state index contributed by atoms with van der Waals surface area (Å²) in [4.78, 5) is 4.23. The van der Waals surface area contributed by atoms with Gasteiger partial charge in [0.25, 0.3) is 0 Å². The zero-order valence-corrected chi connectivity index (χ0v) is 14.1. The summed E-state index contributed by atoms with van der Waals surface area (Å²) in [5.74, 6) is 1.98. The topological polar surface area (TPSA) is 45.7 Å². The second-order valence-electron chi connectivity index (χ2n) is 5.21. The van der Waals surface area contributed by atoms with E-state index in [-0.39, 0.29) is 24.0 Å². The van der Waals surface area contributed by atoms with E-state index in [1.807, 2.05) is 7.05 Å². The van der Waals surface area contributed by atoms with E-state index < -0.39 is 0 Å². The van der Waals surface area contributed by atoms with E-state index in [2.05, 4.69) is 33.8 Å². The second kappa shape index (κ2) is 7.15. The number of nitrogens with one attached hydrogen (secondary N) is 2. The Hall–Kier alpha value is -0.980. The molecule has 5 heteroatoms. The van der Waals surface area contributed by atoms with Crippen molar-refractivity contribution in [1.29, 1.82) is 0 Å². The quantitative estimate of drug-likeness (QED) is 0.473. The molecule has 0 radical (unpaired) electrons. The standard InChI is InChI=1S/C15H21N3O.HI/c1-16-15(18-13-3-4-13)17-8-6-11-2-5-14-12(10-11)7-9-19-14;/h2,5,10,13H,3-4,6-9H2,1H3,(H2,16,17,18);1H. The van der Waals surface area contributed by atoms with Gasteiger partial charge < -0.3 is 15.4 Å². The fraction of sp³-hybridized carbons (Fsp3) is 0.533. The minimum Gasteiger partial charge on any atom is -0.493 e. The van der Waals surface area contributed by atoms with E-state index in [9.17, 15) is 0 Å². The molecule has 1 aromatic rings. The largest absolute Gasteiger partial charge is 0.493 e. The molecule has 1 aliphatic carbocycles. The van der Waals surface area contributed by atoms with Crippen LogP contribution in [0.4, 0.5) is 0 Å². The van der Waals surface area contributed by atoms with Gasteiger partial charge in [-0.2, -0.15) is 0 Å². The predicted octanol–water partition coefficient (Wildman–Crippen LogP) is 2.11. The highest BCUT2D eigenvalue weighted by molar-refractivity contribution is 14.0. The van der Waals surface area contributed by atoms with Crippen molar-refractivity contribution in [2.45, 2.75) is 31.7 Å². The number of fused-ring (bicyclic) bond motifs is 1. The van der Waals surface area contributed by atoms with Crippen LogP contribution in [-0.2, 0) is 12.8 Å². The lowest BCUT2D eigenvalue weighted by molar-refractivity contribution is 0.357. The summed E-state index contributed by atoms with van der Waals surface area (Å²) in [5.41, 5.74) is 2.71. The highest BCUT2D eigenvalue weighted by atomic mass is 127. The van der Waals surface area contributed by atoms with E-state index in [0.29, 0.717) is 6.04 Å². The summed E-state index contributed by atoms with van der Waals surface area (Å²) < 4.78 is 5.52. The zero-order valence-electron chi connectivity index (χ0n) is 11.8. The molecule has 1 saturated carbocycles. The molecule has 1 fully saturated rings. The SMILES string of the molecule is CN=C(NCCc1ccc2c(c1)CCO2)NC1CC1.I. The molecule has 0 aromatic heterocycles. The van der Waals surface area contributed by atoms with Crippen molar-refractivity contribution < 1.29 is 4.74 Å². The van der Waals surface area contributed by atoms with E-state index in [0.717, 1.165) is 37.7 Å².